The molecule has 5 heteroatoms. The van der Waals surface area contributed by atoms with Gasteiger partial charge in [0.2, 0.25) is 5.88 Å². The van der Waals surface area contributed by atoms with Gasteiger partial charge in [0, 0.05) is 32.4 Å². The summed E-state index contributed by atoms with van der Waals surface area (Å²) in [6.07, 6.45) is 1.74. The van der Waals surface area contributed by atoms with Crippen molar-refractivity contribution in [2.45, 2.75) is 6.54 Å². The van der Waals surface area contributed by atoms with Gasteiger partial charge < -0.3 is 19.7 Å². The lowest BCUT2D eigenvalue weighted by atomic mass is 10.2. The molecule has 5 nitrogen and oxygen atoms in total. The average Bonchev–Trinajstić information content (AvgIpc) is 2.52. The van der Waals surface area contributed by atoms with Crippen LogP contribution in [0.25, 0.3) is 0 Å². The number of para-hydroxylation sites is 1. The van der Waals surface area contributed by atoms with Crippen LogP contribution in [-0.2, 0) is 6.54 Å². The van der Waals surface area contributed by atoms with E-state index in [9.17, 15) is 0 Å². The highest BCUT2D eigenvalue weighted by atomic mass is 16.5. The van der Waals surface area contributed by atoms with Gasteiger partial charge in [0.25, 0.3) is 0 Å². The second-order valence-corrected chi connectivity index (χ2v) is 4.77. The van der Waals surface area contributed by atoms with Crippen LogP contribution in [0.4, 0.5) is 11.4 Å². The molecule has 0 bridgehead atoms. The first-order valence-electron chi connectivity index (χ1n) is 6.73. The minimum absolute atomic E-state index is 0.580. The lowest BCUT2D eigenvalue weighted by molar-refractivity contribution is 0.399. The first kappa shape index (κ1) is 15.0. The average molecular weight is 287 g/mol. The second-order valence-electron chi connectivity index (χ2n) is 4.77. The number of ether oxygens (including phenoxy) is 2. The summed E-state index contributed by atoms with van der Waals surface area (Å²) < 4.78 is 10.7. The molecule has 0 aliphatic carbocycles. The van der Waals surface area contributed by atoms with Crippen molar-refractivity contribution < 1.29 is 9.47 Å². The number of hydrogen-bond acceptors (Lipinski definition) is 5. The molecule has 0 aliphatic rings. The summed E-state index contributed by atoms with van der Waals surface area (Å²) in [7, 11) is 7.27. The Bertz CT molecular complexity index is 600. The maximum Gasteiger partial charge on any atom is 0.239 e. The van der Waals surface area contributed by atoms with E-state index in [0.717, 1.165) is 22.7 Å². The van der Waals surface area contributed by atoms with E-state index in [4.69, 9.17) is 9.47 Å². The monoisotopic (exact) mass is 287 g/mol. The zero-order chi connectivity index (χ0) is 15.2. The van der Waals surface area contributed by atoms with Crippen molar-refractivity contribution in [2.24, 2.45) is 0 Å². The third-order valence-corrected chi connectivity index (χ3v) is 3.22. The van der Waals surface area contributed by atoms with E-state index in [-0.39, 0.29) is 0 Å². The van der Waals surface area contributed by atoms with Crippen LogP contribution < -0.4 is 19.7 Å². The van der Waals surface area contributed by atoms with Gasteiger partial charge in [-0.05, 0) is 12.1 Å². The van der Waals surface area contributed by atoms with E-state index in [1.54, 1.807) is 20.4 Å². The maximum atomic E-state index is 5.37. The van der Waals surface area contributed by atoms with Crippen molar-refractivity contribution in [1.29, 1.82) is 0 Å². The Kier molecular flexibility index (Phi) is 4.87. The molecular formula is C16H21N3O2. The Balaban J connectivity index is 2.27. The molecule has 0 fully saturated rings. The summed E-state index contributed by atoms with van der Waals surface area (Å²) in [4.78, 5) is 6.28. The quantitative estimate of drug-likeness (QED) is 0.885. The molecule has 1 aromatic heterocycles. The van der Waals surface area contributed by atoms with Gasteiger partial charge in [0.05, 0.1) is 19.9 Å². The molecule has 0 aliphatic heterocycles. The highest BCUT2D eigenvalue weighted by molar-refractivity contribution is 5.74. The minimum atomic E-state index is 0.580. The molecule has 2 rings (SSSR count). The molecule has 112 valence electrons. The predicted octanol–water partition coefficient (Wildman–Crippen LogP) is 2.78. The lowest BCUT2D eigenvalue weighted by Gasteiger charge is -2.20. The number of nitrogens with zero attached hydrogens (tertiary/aromatic N) is 2. The zero-order valence-corrected chi connectivity index (χ0v) is 12.9. The Morgan fingerprint density at radius 2 is 1.86 bits per heavy atom. The molecule has 0 amide bonds. The molecule has 1 N–H and O–H groups in total. The van der Waals surface area contributed by atoms with Gasteiger partial charge in [-0.25, -0.2) is 4.98 Å². The molecular weight excluding hydrogens is 266 g/mol. The van der Waals surface area contributed by atoms with Gasteiger partial charge in [-0.1, -0.05) is 18.2 Å². The Morgan fingerprint density at radius 3 is 2.52 bits per heavy atom. The van der Waals surface area contributed by atoms with Crippen molar-refractivity contribution in [2.75, 3.05) is 38.5 Å². The van der Waals surface area contributed by atoms with Gasteiger partial charge in [-0.3, -0.25) is 0 Å². The van der Waals surface area contributed by atoms with E-state index in [0.29, 0.717) is 12.4 Å². The van der Waals surface area contributed by atoms with Gasteiger partial charge >= 0.3 is 0 Å². The van der Waals surface area contributed by atoms with Crippen molar-refractivity contribution in [3.63, 3.8) is 0 Å². The van der Waals surface area contributed by atoms with Gasteiger partial charge in [-0.2, -0.15) is 0 Å². The molecule has 2 aromatic rings. The summed E-state index contributed by atoms with van der Waals surface area (Å²) in [5, 5.41) is 3.40. The Morgan fingerprint density at radius 1 is 1.10 bits per heavy atom. The summed E-state index contributed by atoms with van der Waals surface area (Å²) >= 11 is 0. The third-order valence-electron chi connectivity index (χ3n) is 3.22. The summed E-state index contributed by atoms with van der Waals surface area (Å²) in [5.41, 5.74) is 2.98. The fraction of sp³-hybridized carbons (Fsp3) is 0.312. The van der Waals surface area contributed by atoms with Crippen LogP contribution in [0.1, 0.15) is 5.56 Å². The summed E-state index contributed by atoms with van der Waals surface area (Å²) in [6, 6.07) is 9.88. The maximum absolute atomic E-state index is 5.37. The van der Waals surface area contributed by atoms with Crippen molar-refractivity contribution >= 4 is 11.4 Å². The Hall–Kier alpha value is -2.43. The van der Waals surface area contributed by atoms with Crippen LogP contribution in [0.5, 0.6) is 11.6 Å². The van der Waals surface area contributed by atoms with Crippen LogP contribution in [0.15, 0.2) is 36.5 Å². The fourth-order valence-corrected chi connectivity index (χ4v) is 2.16. The third kappa shape index (κ3) is 3.37. The second kappa shape index (κ2) is 6.83. The standard InChI is InChI=1S/C16H21N3O2/c1-19(2)13-9-10-17-16(21-4)15(13)18-11-12-7-5-6-8-14(12)20-3/h5-10,18H,11H2,1-4H3. The highest BCUT2D eigenvalue weighted by Crippen LogP contribution is 2.32. The van der Waals surface area contributed by atoms with Crippen molar-refractivity contribution in [3.8, 4) is 11.6 Å². The number of anilines is 2. The molecule has 0 saturated carbocycles. The molecule has 1 heterocycles. The summed E-state index contributed by atoms with van der Waals surface area (Å²) in [6.45, 7) is 0.632. The molecule has 0 saturated heterocycles. The molecule has 0 atom stereocenters. The van der Waals surface area contributed by atoms with E-state index in [1.165, 1.54) is 0 Å². The first-order valence-corrected chi connectivity index (χ1v) is 6.73. The SMILES string of the molecule is COc1ccccc1CNc1c(N(C)C)ccnc1OC. The highest BCUT2D eigenvalue weighted by Gasteiger charge is 2.12. The largest absolute Gasteiger partial charge is 0.496 e. The lowest BCUT2D eigenvalue weighted by Crippen LogP contribution is -2.13. The van der Waals surface area contributed by atoms with E-state index in [1.807, 2.05) is 49.3 Å². The minimum Gasteiger partial charge on any atom is -0.496 e. The number of benzene rings is 1. The normalized spacial score (nSPS) is 10.1. The van der Waals surface area contributed by atoms with Crippen LogP contribution >= 0.6 is 0 Å². The molecule has 0 spiro atoms. The van der Waals surface area contributed by atoms with Crippen molar-refractivity contribution in [3.05, 3.63) is 42.1 Å². The predicted molar refractivity (Wildman–Crippen MR) is 85.4 cm³/mol. The number of aromatic nitrogens is 1. The molecule has 0 unspecified atom stereocenters. The number of rotatable bonds is 6. The topological polar surface area (TPSA) is 46.6 Å². The van der Waals surface area contributed by atoms with Gasteiger partial charge in [0.15, 0.2) is 0 Å². The summed E-state index contributed by atoms with van der Waals surface area (Å²) in [5.74, 6) is 1.44. The molecule has 21 heavy (non-hydrogen) atoms. The van der Waals surface area contributed by atoms with Gasteiger partial charge in [0.1, 0.15) is 11.4 Å². The smallest absolute Gasteiger partial charge is 0.239 e. The zero-order valence-electron chi connectivity index (χ0n) is 12.9. The number of methoxy groups -OCH3 is 2. The fourth-order valence-electron chi connectivity index (χ4n) is 2.16. The molecule has 1 aromatic carbocycles. The van der Waals surface area contributed by atoms with Crippen LogP contribution in [0.2, 0.25) is 0 Å². The molecule has 0 radical (unpaired) electrons. The van der Waals surface area contributed by atoms with E-state index >= 15 is 0 Å². The van der Waals surface area contributed by atoms with Crippen molar-refractivity contribution in [1.82, 2.24) is 4.98 Å². The van der Waals surface area contributed by atoms with E-state index in [2.05, 4.69) is 10.3 Å². The first-order chi connectivity index (χ1) is 10.2. The number of nitrogens with one attached hydrogen (secondary N) is 1. The number of pyridine rings is 1. The van der Waals surface area contributed by atoms with Gasteiger partial charge in [-0.15, -0.1) is 0 Å². The van der Waals surface area contributed by atoms with Crippen LogP contribution in [0, 0.1) is 0 Å². The number of hydrogen-bond donors (Lipinski definition) is 1. The van der Waals surface area contributed by atoms with E-state index < -0.39 is 0 Å². The van der Waals surface area contributed by atoms with Crippen LogP contribution in [0.3, 0.4) is 0 Å². The Labute approximate surface area is 125 Å². The van der Waals surface area contributed by atoms with Crippen LogP contribution in [-0.4, -0.2) is 33.3 Å².